The Hall–Kier alpha value is -1.14. The fraction of sp³-hybridized carbons (Fsp3) is 0.905. The lowest BCUT2D eigenvalue weighted by Crippen LogP contribution is -2.49. The summed E-state index contributed by atoms with van der Waals surface area (Å²) in [7, 11) is 0. The van der Waals surface area contributed by atoms with Crippen LogP contribution in [0.1, 0.15) is 91.4 Å². The van der Waals surface area contributed by atoms with Gasteiger partial charge in [-0.05, 0) is 38.1 Å². The molecule has 0 aromatic heterocycles. The van der Waals surface area contributed by atoms with Crippen molar-refractivity contribution in [3.8, 4) is 0 Å². The van der Waals surface area contributed by atoms with Gasteiger partial charge in [0.2, 0.25) is 5.91 Å². The molecule has 0 aliphatic heterocycles. The van der Waals surface area contributed by atoms with Gasteiger partial charge in [0.25, 0.3) is 0 Å². The van der Waals surface area contributed by atoms with Crippen molar-refractivity contribution in [1.29, 1.82) is 0 Å². The maximum absolute atomic E-state index is 12.4. The third-order valence-corrected chi connectivity index (χ3v) is 4.56. The van der Waals surface area contributed by atoms with E-state index in [2.05, 4.69) is 18.0 Å². The van der Waals surface area contributed by atoms with Gasteiger partial charge in [-0.15, -0.1) is 0 Å². The Balaban J connectivity index is 4.35. The minimum absolute atomic E-state index is 0.246. The number of hydrogen-bond acceptors (Lipinski definition) is 5. The summed E-state index contributed by atoms with van der Waals surface area (Å²) in [5.74, 6) is -0.458. The molecule has 0 radical (unpaired) electrons. The first-order valence-electron chi connectivity index (χ1n) is 11.3. The molecular formula is C21H43N3O3. The van der Waals surface area contributed by atoms with E-state index in [0.717, 1.165) is 25.7 Å². The molecular weight excluding hydrogens is 342 g/mol. The van der Waals surface area contributed by atoms with Crippen LogP contribution in [-0.4, -0.2) is 37.1 Å². The van der Waals surface area contributed by atoms with E-state index < -0.39 is 12.1 Å². The second kappa shape index (κ2) is 17.0. The van der Waals surface area contributed by atoms with Gasteiger partial charge >= 0.3 is 5.97 Å². The summed E-state index contributed by atoms with van der Waals surface area (Å²) in [6, 6.07) is -1.31. The standard InChI is InChI=1S/C21H43N3O3/c1-4-5-6-7-8-9-12-15-27-21(26)19(16-17(2)3)24-20(25)18(23)13-10-11-14-22/h17-19H,4-16,22-23H2,1-3H3,(H,24,25)/t18-,19-/m0/s1/i/hD. The van der Waals surface area contributed by atoms with Gasteiger partial charge in [0.1, 0.15) is 7.45 Å². The van der Waals surface area contributed by atoms with Crippen molar-refractivity contribution in [2.45, 2.75) is 103 Å². The van der Waals surface area contributed by atoms with Crippen molar-refractivity contribution in [3.05, 3.63) is 0 Å². The fourth-order valence-corrected chi connectivity index (χ4v) is 2.91. The highest BCUT2D eigenvalue weighted by Crippen LogP contribution is 2.10. The Morgan fingerprint density at radius 2 is 1.70 bits per heavy atom. The van der Waals surface area contributed by atoms with E-state index in [1.54, 1.807) is 0 Å². The van der Waals surface area contributed by atoms with Crippen molar-refractivity contribution in [2.24, 2.45) is 17.4 Å². The molecule has 0 spiro atoms. The van der Waals surface area contributed by atoms with Gasteiger partial charge in [0, 0.05) is 0 Å². The van der Waals surface area contributed by atoms with Crippen LogP contribution in [0.15, 0.2) is 0 Å². The zero-order valence-corrected chi connectivity index (χ0v) is 17.7. The summed E-state index contributed by atoms with van der Waals surface area (Å²) in [6.07, 6.45) is 10.7. The van der Waals surface area contributed by atoms with Gasteiger partial charge in [-0.25, -0.2) is 4.79 Å². The molecule has 1 amide bonds. The van der Waals surface area contributed by atoms with E-state index in [1.807, 2.05) is 13.8 Å². The van der Waals surface area contributed by atoms with Gasteiger partial charge in [-0.3, -0.25) is 4.79 Å². The number of esters is 1. The predicted molar refractivity (Wildman–Crippen MR) is 111 cm³/mol. The highest BCUT2D eigenvalue weighted by Gasteiger charge is 2.25. The molecule has 5 N–H and O–H groups in total. The first kappa shape index (κ1) is 23.9. The lowest BCUT2D eigenvalue weighted by atomic mass is 10.0. The van der Waals surface area contributed by atoms with Crippen LogP contribution < -0.4 is 16.8 Å². The quantitative estimate of drug-likeness (QED) is 0.247. The van der Waals surface area contributed by atoms with Crippen LogP contribution in [0.5, 0.6) is 0 Å². The zero-order chi connectivity index (χ0) is 21.2. The minimum Gasteiger partial charge on any atom is -0.464 e. The van der Waals surface area contributed by atoms with E-state index >= 15 is 0 Å². The van der Waals surface area contributed by atoms with E-state index in [9.17, 15) is 9.59 Å². The minimum atomic E-state index is -0.664. The average Bonchev–Trinajstić information content (AvgIpc) is 2.66. The molecule has 0 bridgehead atoms. The van der Waals surface area contributed by atoms with E-state index in [4.69, 9.17) is 11.9 Å². The second-order valence-corrected chi connectivity index (χ2v) is 7.82. The molecule has 2 atom stereocenters. The summed E-state index contributed by atoms with van der Waals surface area (Å²) in [6.45, 7) is 7.17. The Kier molecular flexibility index (Phi) is 15.0. The van der Waals surface area contributed by atoms with Crippen molar-refractivity contribution in [2.75, 3.05) is 13.2 Å². The largest absolute Gasteiger partial charge is 0.464 e. The van der Waals surface area contributed by atoms with Gasteiger partial charge in [-0.2, -0.15) is 0 Å². The summed E-state index contributed by atoms with van der Waals surface area (Å²) < 4.78 is 12.8. The smallest absolute Gasteiger partial charge is 0.328 e. The normalized spacial score (nSPS) is 13.9. The molecule has 160 valence electrons. The number of nitrogens with two attached hydrogens (primary N) is 2. The van der Waals surface area contributed by atoms with Crippen LogP contribution in [0.25, 0.3) is 0 Å². The van der Waals surface area contributed by atoms with E-state index in [0.29, 0.717) is 26.0 Å². The molecule has 0 heterocycles. The molecule has 0 saturated heterocycles. The lowest BCUT2D eigenvalue weighted by Gasteiger charge is -2.21. The highest BCUT2D eigenvalue weighted by atomic mass is 16.5. The Labute approximate surface area is 167 Å². The first-order chi connectivity index (χ1) is 13.5. The third-order valence-electron chi connectivity index (χ3n) is 4.56. The monoisotopic (exact) mass is 386 g/mol. The van der Waals surface area contributed by atoms with Crippen LogP contribution in [0, 0.1) is 5.92 Å². The number of ether oxygens (including phenoxy) is 1. The van der Waals surface area contributed by atoms with Crippen molar-refractivity contribution < 1.29 is 15.7 Å². The molecule has 0 aromatic carbocycles. The zero-order valence-electron chi connectivity index (χ0n) is 18.7. The molecule has 0 unspecified atom stereocenters. The van der Waals surface area contributed by atoms with Crippen LogP contribution in [0.3, 0.4) is 0 Å². The molecule has 0 aliphatic carbocycles. The molecule has 0 rings (SSSR count). The Bertz CT molecular complexity index is 408. The second-order valence-electron chi connectivity index (χ2n) is 7.82. The molecule has 0 saturated carbocycles. The van der Waals surface area contributed by atoms with Gasteiger partial charge < -0.3 is 21.5 Å². The van der Waals surface area contributed by atoms with Gasteiger partial charge in [0.15, 0.2) is 0 Å². The Morgan fingerprint density at radius 3 is 2.30 bits per heavy atom. The van der Waals surface area contributed by atoms with Crippen molar-refractivity contribution in [1.82, 2.24) is 5.32 Å². The summed E-state index contributed by atoms with van der Waals surface area (Å²) in [4.78, 5) is 24.9. The van der Waals surface area contributed by atoms with Crippen LogP contribution in [-0.2, 0) is 14.3 Å². The summed E-state index contributed by atoms with van der Waals surface area (Å²) in [5, 5.41) is 2.77. The molecule has 6 heteroatoms. The third kappa shape index (κ3) is 14.6. The Morgan fingerprint density at radius 1 is 1.04 bits per heavy atom. The highest BCUT2D eigenvalue weighted by molar-refractivity contribution is 5.87. The number of unbranched alkanes of at least 4 members (excludes halogenated alkanes) is 7. The molecule has 0 aliphatic rings. The van der Waals surface area contributed by atoms with Crippen molar-refractivity contribution >= 4 is 11.9 Å². The van der Waals surface area contributed by atoms with Crippen molar-refractivity contribution in [3.63, 3.8) is 0 Å². The first-order valence-corrected chi connectivity index (χ1v) is 10.8. The number of hydrogen-bond donors (Lipinski definition) is 3. The summed E-state index contributed by atoms with van der Waals surface area (Å²) in [5.41, 5.74) is 7.76. The average molecular weight is 387 g/mol. The lowest BCUT2D eigenvalue weighted by molar-refractivity contribution is -0.148. The summed E-state index contributed by atoms with van der Waals surface area (Å²) >= 11 is 0. The number of nitrogens with one attached hydrogen (secondary N) is 1. The maximum atomic E-state index is 12.4. The molecule has 6 nitrogen and oxygen atoms in total. The number of rotatable bonds is 18. The number of amides is 1. The van der Waals surface area contributed by atoms with Gasteiger partial charge in [-0.1, -0.05) is 65.7 Å². The maximum Gasteiger partial charge on any atom is 0.328 e. The number of carbonyl (C=O) groups excluding carboxylic acids is 2. The van der Waals surface area contributed by atoms with E-state index in [1.165, 1.54) is 32.1 Å². The van der Waals surface area contributed by atoms with Crippen LogP contribution in [0.4, 0.5) is 0 Å². The van der Waals surface area contributed by atoms with Gasteiger partial charge in [0.05, 0.1) is 12.6 Å². The predicted octanol–water partition coefficient (Wildman–Crippen LogP) is 3.27. The van der Waals surface area contributed by atoms with Crippen LogP contribution >= 0.6 is 0 Å². The molecule has 0 fully saturated rings. The topological polar surface area (TPSA) is 107 Å². The number of carbonyl (C=O) groups is 2. The molecule has 0 aromatic rings. The SMILES string of the molecule is [2H]N[C@@H](CCCCN)C(=O)N[C@@H](CC(C)C)C(=O)OCCCCCCCCC. The fourth-order valence-electron chi connectivity index (χ4n) is 2.91. The molecule has 27 heavy (non-hydrogen) atoms. The van der Waals surface area contributed by atoms with Crippen LogP contribution in [0.2, 0.25) is 1.41 Å². The van der Waals surface area contributed by atoms with E-state index in [-0.39, 0.29) is 17.8 Å².